The molecule has 1 aliphatic rings. The summed E-state index contributed by atoms with van der Waals surface area (Å²) in [7, 11) is 0. The lowest BCUT2D eigenvalue weighted by atomic mass is 9.98. The molecule has 1 saturated heterocycles. The molecule has 0 aromatic carbocycles. The van der Waals surface area contributed by atoms with E-state index in [0.717, 1.165) is 13.8 Å². The highest BCUT2D eigenvalue weighted by Gasteiger charge is 2.48. The van der Waals surface area contributed by atoms with Crippen LogP contribution in [0.25, 0.3) is 0 Å². The van der Waals surface area contributed by atoms with Gasteiger partial charge in [0.05, 0.1) is 6.20 Å². The molecule has 3 N–H and O–H groups in total. The SMILES string of the molecule is CC(=O)OC[C@H]1O[C@@H](n2cc([18F])c(=O)[nH]c2=O)[C@H](O)[C@@H](OC(C)=O)[C@H]1O. The minimum Gasteiger partial charge on any atom is -0.463 e. The molecule has 0 spiro atoms. The van der Waals surface area contributed by atoms with Gasteiger partial charge in [0.25, 0.3) is 5.56 Å². The Kier molecular flexibility index (Phi) is 5.90. The van der Waals surface area contributed by atoms with Gasteiger partial charge in [-0.1, -0.05) is 0 Å². The quantitative estimate of drug-likeness (QED) is 0.496. The van der Waals surface area contributed by atoms with E-state index < -0.39 is 66.3 Å². The number of ether oxygens (including phenoxy) is 3. The molecule has 2 rings (SSSR count). The van der Waals surface area contributed by atoms with E-state index in [1.54, 1.807) is 4.98 Å². The van der Waals surface area contributed by atoms with Crippen molar-refractivity contribution in [1.29, 1.82) is 0 Å². The summed E-state index contributed by atoms with van der Waals surface area (Å²) in [4.78, 5) is 47.0. The van der Waals surface area contributed by atoms with Crippen LogP contribution in [0.15, 0.2) is 15.8 Å². The van der Waals surface area contributed by atoms with Crippen LogP contribution in [0.2, 0.25) is 0 Å². The van der Waals surface area contributed by atoms with Crippen LogP contribution in [0, 0.1) is 5.82 Å². The Bertz CT molecular complexity index is 804. The van der Waals surface area contributed by atoms with Gasteiger partial charge in [-0.15, -0.1) is 0 Å². The fourth-order valence-corrected chi connectivity index (χ4v) is 2.46. The molecule has 0 aliphatic carbocycles. The van der Waals surface area contributed by atoms with Crippen molar-refractivity contribution in [3.8, 4) is 0 Å². The van der Waals surface area contributed by atoms with Gasteiger partial charge >= 0.3 is 17.6 Å². The highest BCUT2D eigenvalue weighted by Crippen LogP contribution is 2.29. The van der Waals surface area contributed by atoms with Gasteiger partial charge in [-0.2, -0.15) is 4.39 Å². The molecule has 11 nitrogen and oxygen atoms in total. The number of carbonyl (C=O) groups is 2. The molecule has 1 aliphatic heterocycles. The molecule has 0 radical (unpaired) electrons. The zero-order valence-corrected chi connectivity index (χ0v) is 13.7. The van der Waals surface area contributed by atoms with Crippen molar-refractivity contribution in [2.45, 2.75) is 44.5 Å². The van der Waals surface area contributed by atoms with Crippen LogP contribution < -0.4 is 11.2 Å². The summed E-state index contributed by atoms with van der Waals surface area (Å²) in [5.41, 5.74) is -2.38. The number of hydrogen-bond acceptors (Lipinski definition) is 9. The van der Waals surface area contributed by atoms with Crippen LogP contribution in [-0.4, -0.2) is 62.7 Å². The first-order valence-electron chi connectivity index (χ1n) is 7.45. The number of H-pyrrole nitrogens is 1. The fraction of sp³-hybridized carbons (Fsp3) is 0.571. The molecule has 0 saturated carbocycles. The molecule has 1 aromatic rings. The van der Waals surface area contributed by atoms with E-state index in [-0.39, 0.29) is 0 Å². The summed E-state index contributed by atoms with van der Waals surface area (Å²) < 4.78 is 29.0. The second-order valence-electron chi connectivity index (χ2n) is 5.57. The number of nitrogens with zero attached hydrogens (tertiary/aromatic N) is 1. The third-order valence-electron chi connectivity index (χ3n) is 3.61. The van der Waals surface area contributed by atoms with Gasteiger partial charge in [0.2, 0.25) is 5.82 Å². The highest BCUT2D eigenvalue weighted by atomic mass is 18.2. The number of esters is 2. The van der Waals surface area contributed by atoms with Crippen LogP contribution in [0.5, 0.6) is 0 Å². The molecule has 1 fully saturated rings. The molecule has 0 amide bonds. The van der Waals surface area contributed by atoms with Crippen molar-refractivity contribution in [3.05, 3.63) is 32.9 Å². The molecule has 26 heavy (non-hydrogen) atoms. The first-order chi connectivity index (χ1) is 12.1. The number of nitrogens with one attached hydrogen (secondary N) is 1. The van der Waals surface area contributed by atoms with Gasteiger partial charge < -0.3 is 24.4 Å². The minimum atomic E-state index is -1.79. The van der Waals surface area contributed by atoms with E-state index in [0.29, 0.717) is 10.8 Å². The van der Waals surface area contributed by atoms with E-state index in [1.165, 1.54) is 0 Å². The van der Waals surface area contributed by atoms with Crippen molar-refractivity contribution in [2.24, 2.45) is 0 Å². The van der Waals surface area contributed by atoms with Crippen LogP contribution >= 0.6 is 0 Å². The van der Waals surface area contributed by atoms with Crippen LogP contribution in [-0.2, 0) is 23.8 Å². The van der Waals surface area contributed by atoms with Gasteiger partial charge in [-0.3, -0.25) is 23.9 Å². The average Bonchev–Trinajstić information content (AvgIpc) is 2.54. The lowest BCUT2D eigenvalue weighted by Gasteiger charge is -2.42. The summed E-state index contributed by atoms with van der Waals surface area (Å²) >= 11 is 0. The van der Waals surface area contributed by atoms with E-state index in [9.17, 15) is 33.8 Å². The van der Waals surface area contributed by atoms with Gasteiger partial charge in [0.15, 0.2) is 12.3 Å². The Labute approximate surface area is 144 Å². The molecule has 2 heterocycles. The van der Waals surface area contributed by atoms with Gasteiger partial charge in [0.1, 0.15) is 24.9 Å². The molecule has 0 bridgehead atoms. The monoisotopic (exact) mass is 375 g/mol. The van der Waals surface area contributed by atoms with Crippen molar-refractivity contribution >= 4 is 11.9 Å². The summed E-state index contributed by atoms with van der Waals surface area (Å²) in [6, 6.07) is 0. The largest absolute Gasteiger partial charge is 0.463 e. The third-order valence-corrected chi connectivity index (χ3v) is 3.61. The predicted octanol–water partition coefficient (Wildman–Crippen LogP) is -2.21. The summed E-state index contributed by atoms with van der Waals surface area (Å²) in [6.45, 7) is 1.64. The minimum absolute atomic E-state index is 0.488. The topological polar surface area (TPSA) is 157 Å². The molecule has 12 heteroatoms. The number of aliphatic hydroxyl groups is 2. The van der Waals surface area contributed by atoms with Crippen LogP contribution in [0.3, 0.4) is 0 Å². The van der Waals surface area contributed by atoms with Crippen LogP contribution in [0.4, 0.5) is 4.39 Å². The Hall–Kier alpha value is -2.57. The van der Waals surface area contributed by atoms with E-state index >= 15 is 0 Å². The standard InChI is InChI=1S/C14H17FN2O9/c1-5(18)24-4-8-9(20)11(25-6(2)19)10(21)13(26-8)17-3-7(15)12(22)16-14(17)23/h3,8-11,13,20-21H,4H2,1-2H3,(H,16,22,23)/t8-,9+,10-,11+,13-/m1/s1/i15-1. The average molecular weight is 375 g/mol. The van der Waals surface area contributed by atoms with Gasteiger partial charge in [0, 0.05) is 13.8 Å². The molecule has 5 atom stereocenters. The van der Waals surface area contributed by atoms with Crippen molar-refractivity contribution in [2.75, 3.05) is 6.61 Å². The molecule has 1 aromatic heterocycles. The van der Waals surface area contributed by atoms with Crippen molar-refractivity contribution in [1.82, 2.24) is 9.55 Å². The lowest BCUT2D eigenvalue weighted by molar-refractivity contribution is -0.259. The number of aliphatic hydroxyl groups excluding tert-OH is 2. The summed E-state index contributed by atoms with van der Waals surface area (Å²) in [6.07, 6.45) is -7.40. The Morgan fingerprint density at radius 2 is 1.92 bits per heavy atom. The number of hydrogen-bond donors (Lipinski definition) is 3. The molecular formula is C14H17FN2O9. The number of halogens is 1. The third kappa shape index (κ3) is 4.15. The maximum atomic E-state index is 13.5. The summed E-state index contributed by atoms with van der Waals surface area (Å²) in [5, 5.41) is 20.6. The Morgan fingerprint density at radius 3 is 2.50 bits per heavy atom. The zero-order valence-electron chi connectivity index (χ0n) is 13.7. The van der Waals surface area contributed by atoms with E-state index in [1.807, 2.05) is 0 Å². The van der Waals surface area contributed by atoms with Gasteiger partial charge in [-0.05, 0) is 0 Å². The second kappa shape index (κ2) is 7.76. The maximum absolute atomic E-state index is 13.5. The zero-order chi connectivity index (χ0) is 19.6. The second-order valence-corrected chi connectivity index (χ2v) is 5.57. The van der Waals surface area contributed by atoms with E-state index in [4.69, 9.17) is 14.2 Å². The predicted molar refractivity (Wildman–Crippen MR) is 79.4 cm³/mol. The smallest absolute Gasteiger partial charge is 0.330 e. The van der Waals surface area contributed by atoms with E-state index in [2.05, 4.69) is 0 Å². The summed E-state index contributed by atoms with van der Waals surface area (Å²) in [5.74, 6) is -2.87. The molecule has 0 unspecified atom stereocenters. The van der Waals surface area contributed by atoms with Gasteiger partial charge in [-0.25, -0.2) is 4.79 Å². The number of rotatable bonds is 4. The lowest BCUT2D eigenvalue weighted by Crippen LogP contribution is -2.59. The van der Waals surface area contributed by atoms with Crippen molar-refractivity contribution in [3.63, 3.8) is 0 Å². The highest BCUT2D eigenvalue weighted by molar-refractivity contribution is 5.66. The maximum Gasteiger partial charge on any atom is 0.330 e. The number of carbonyl (C=O) groups excluding carboxylic acids is 2. The Balaban J connectivity index is 2.41. The molecule has 144 valence electrons. The molecular weight excluding hydrogens is 358 g/mol. The fourth-order valence-electron chi connectivity index (χ4n) is 2.46. The van der Waals surface area contributed by atoms with Crippen molar-refractivity contribution < 1.29 is 38.4 Å². The van der Waals surface area contributed by atoms with Crippen LogP contribution in [0.1, 0.15) is 20.1 Å². The Morgan fingerprint density at radius 1 is 1.27 bits per heavy atom. The number of aromatic nitrogens is 2. The first-order valence-corrected chi connectivity index (χ1v) is 7.45. The number of aromatic amines is 1. The first kappa shape index (κ1) is 19.8. The normalized spacial score (nSPS) is 28.4.